The molecule has 0 aromatic heterocycles. The van der Waals surface area contributed by atoms with Gasteiger partial charge < -0.3 is 0 Å². The normalized spacial score (nSPS) is 9.80. The first-order valence-corrected chi connectivity index (χ1v) is 3.66. The third kappa shape index (κ3) is 1.11. The van der Waals surface area contributed by atoms with Gasteiger partial charge in [0.25, 0.3) is 0 Å². The molecular weight excluding hydrogens is 118 g/mol. The summed E-state index contributed by atoms with van der Waals surface area (Å²) in [5.74, 6) is 0. The zero-order chi connectivity index (χ0) is 7.72. The molecule has 10 heavy (non-hydrogen) atoms. The Morgan fingerprint density at radius 1 is 1.10 bits per heavy atom. The average molecular weight is 130 g/mol. The molecule has 2 heteroatoms. The number of hydrogen-bond donors (Lipinski definition) is 0. The maximum Gasteiger partial charge on any atom is 0.139 e. The highest BCUT2D eigenvalue weighted by atomic mass is 14.0. The Bertz CT molecular complexity index is 227. The molecule has 0 N–H and O–H groups in total. The van der Waals surface area contributed by atoms with Gasteiger partial charge in [-0.1, -0.05) is 34.2 Å². The number of rotatable bonds is 0. The number of hydrogen-bond acceptors (Lipinski definition) is 0. The molecule has 0 aliphatic heterocycles. The van der Waals surface area contributed by atoms with Gasteiger partial charge in [0.1, 0.15) is 15.7 Å². The van der Waals surface area contributed by atoms with Crippen LogP contribution in [0, 0.1) is 13.8 Å². The third-order valence-corrected chi connectivity index (χ3v) is 2.33. The van der Waals surface area contributed by atoms with Crippen molar-refractivity contribution in [1.82, 2.24) is 0 Å². The van der Waals surface area contributed by atoms with Crippen LogP contribution in [0.15, 0.2) is 12.1 Å². The molecule has 0 spiro atoms. The van der Waals surface area contributed by atoms with Crippen LogP contribution in [-0.4, -0.2) is 15.7 Å². The third-order valence-electron chi connectivity index (χ3n) is 2.33. The molecule has 1 aromatic carbocycles. The fourth-order valence-electron chi connectivity index (χ4n) is 1.09. The van der Waals surface area contributed by atoms with Crippen LogP contribution in [0.25, 0.3) is 0 Å². The lowest BCUT2D eigenvalue weighted by Gasteiger charge is -2.06. The minimum absolute atomic E-state index is 1.39. The molecular formula is C8H12B2. The van der Waals surface area contributed by atoms with Crippen molar-refractivity contribution >= 4 is 26.6 Å². The molecule has 0 saturated heterocycles. The highest BCUT2D eigenvalue weighted by Gasteiger charge is 1.97. The minimum atomic E-state index is 1.39. The van der Waals surface area contributed by atoms with E-state index in [1.165, 1.54) is 22.1 Å². The molecule has 1 aromatic rings. The van der Waals surface area contributed by atoms with E-state index >= 15 is 0 Å². The van der Waals surface area contributed by atoms with E-state index in [0.717, 1.165) is 0 Å². The molecule has 0 heterocycles. The van der Waals surface area contributed by atoms with Crippen molar-refractivity contribution in [2.75, 3.05) is 0 Å². The Hall–Kier alpha value is -0.650. The van der Waals surface area contributed by atoms with Gasteiger partial charge in [-0.25, -0.2) is 0 Å². The van der Waals surface area contributed by atoms with Gasteiger partial charge in [0.15, 0.2) is 0 Å². The second kappa shape index (κ2) is 2.53. The van der Waals surface area contributed by atoms with Gasteiger partial charge >= 0.3 is 0 Å². The molecule has 1 rings (SSSR count). The van der Waals surface area contributed by atoms with Crippen LogP contribution >= 0.6 is 0 Å². The summed E-state index contributed by atoms with van der Waals surface area (Å²) in [6.07, 6.45) is 0. The van der Waals surface area contributed by atoms with Crippen LogP contribution in [0.2, 0.25) is 0 Å². The summed E-state index contributed by atoms with van der Waals surface area (Å²) in [7, 11) is 4.33. The van der Waals surface area contributed by atoms with Crippen molar-refractivity contribution < 1.29 is 0 Å². The standard InChI is InChI=1S/C8H12B2/c1-5-3-4-7(9)6(2)8(5)10/h3-4H,9-10H2,1-2H3. The van der Waals surface area contributed by atoms with Crippen molar-refractivity contribution in [1.29, 1.82) is 0 Å². The van der Waals surface area contributed by atoms with Crippen LogP contribution in [-0.2, 0) is 0 Å². The van der Waals surface area contributed by atoms with E-state index in [0.29, 0.717) is 0 Å². The summed E-state index contributed by atoms with van der Waals surface area (Å²) in [5, 5.41) is 0. The molecule has 0 nitrogen and oxygen atoms in total. The predicted octanol–water partition coefficient (Wildman–Crippen LogP) is -1.18. The maximum absolute atomic E-state index is 2.18. The molecule has 0 aliphatic rings. The van der Waals surface area contributed by atoms with Crippen LogP contribution in [0.5, 0.6) is 0 Å². The largest absolute Gasteiger partial charge is 0.139 e. The quantitative estimate of drug-likeness (QED) is 0.387. The molecule has 0 saturated carbocycles. The van der Waals surface area contributed by atoms with E-state index in [1.54, 1.807) is 0 Å². The van der Waals surface area contributed by atoms with Gasteiger partial charge in [0.05, 0.1) is 0 Å². The zero-order valence-electron chi connectivity index (χ0n) is 7.15. The Kier molecular flexibility index (Phi) is 1.89. The Balaban J connectivity index is 3.34. The molecule has 50 valence electrons. The smallest absolute Gasteiger partial charge is 0.0866 e. The summed E-state index contributed by atoms with van der Waals surface area (Å²) < 4.78 is 0. The maximum atomic E-state index is 2.18. The SMILES string of the molecule is Bc1ccc(C)c(B)c1C. The topological polar surface area (TPSA) is 0 Å². The Labute approximate surface area is 64.5 Å². The highest BCUT2D eigenvalue weighted by molar-refractivity contribution is 6.40. The fourth-order valence-corrected chi connectivity index (χ4v) is 1.09. The first kappa shape index (κ1) is 7.46. The summed E-state index contributed by atoms with van der Waals surface area (Å²) in [6, 6.07) is 4.36. The van der Waals surface area contributed by atoms with Crippen LogP contribution < -0.4 is 10.9 Å². The van der Waals surface area contributed by atoms with E-state index in [2.05, 4.69) is 41.7 Å². The molecule has 0 unspecified atom stereocenters. The van der Waals surface area contributed by atoms with E-state index in [1.807, 2.05) is 0 Å². The molecule has 0 aliphatic carbocycles. The summed E-state index contributed by atoms with van der Waals surface area (Å²) >= 11 is 0. The number of benzene rings is 1. The minimum Gasteiger partial charge on any atom is -0.0866 e. The van der Waals surface area contributed by atoms with Crippen LogP contribution in [0.3, 0.4) is 0 Å². The van der Waals surface area contributed by atoms with Gasteiger partial charge in [-0.15, -0.1) is 0 Å². The first-order valence-electron chi connectivity index (χ1n) is 3.66. The summed E-state index contributed by atoms with van der Waals surface area (Å²) in [4.78, 5) is 0. The van der Waals surface area contributed by atoms with Gasteiger partial charge in [0.2, 0.25) is 0 Å². The number of aryl methyl sites for hydroxylation is 1. The lowest BCUT2D eigenvalue weighted by atomic mass is 9.79. The molecule has 0 radical (unpaired) electrons. The second-order valence-electron chi connectivity index (χ2n) is 2.95. The van der Waals surface area contributed by atoms with Crippen molar-refractivity contribution in [3.8, 4) is 0 Å². The first-order chi connectivity index (χ1) is 4.63. The molecule has 0 bridgehead atoms. The highest BCUT2D eigenvalue weighted by Crippen LogP contribution is 1.93. The van der Waals surface area contributed by atoms with Crippen molar-refractivity contribution in [3.05, 3.63) is 23.3 Å². The summed E-state index contributed by atoms with van der Waals surface area (Å²) in [6.45, 7) is 4.33. The molecule has 0 fully saturated rings. The van der Waals surface area contributed by atoms with Crippen LogP contribution in [0.1, 0.15) is 11.1 Å². The van der Waals surface area contributed by atoms with Crippen molar-refractivity contribution in [3.63, 3.8) is 0 Å². The van der Waals surface area contributed by atoms with E-state index < -0.39 is 0 Å². The average Bonchev–Trinajstić information content (AvgIpc) is 1.93. The van der Waals surface area contributed by atoms with Crippen LogP contribution in [0.4, 0.5) is 0 Å². The molecule has 0 atom stereocenters. The van der Waals surface area contributed by atoms with Crippen molar-refractivity contribution in [2.45, 2.75) is 13.8 Å². The lowest BCUT2D eigenvalue weighted by Crippen LogP contribution is -2.21. The predicted molar refractivity (Wildman–Crippen MR) is 52.3 cm³/mol. The van der Waals surface area contributed by atoms with Gasteiger partial charge in [0, 0.05) is 0 Å². The molecule has 0 amide bonds. The monoisotopic (exact) mass is 130 g/mol. The lowest BCUT2D eigenvalue weighted by molar-refractivity contribution is 1.46. The second-order valence-corrected chi connectivity index (χ2v) is 2.95. The zero-order valence-corrected chi connectivity index (χ0v) is 7.15. The van der Waals surface area contributed by atoms with Gasteiger partial charge in [-0.05, 0) is 13.8 Å². The Morgan fingerprint density at radius 2 is 1.70 bits per heavy atom. The van der Waals surface area contributed by atoms with E-state index in [-0.39, 0.29) is 0 Å². The van der Waals surface area contributed by atoms with Gasteiger partial charge in [-0.2, -0.15) is 0 Å². The fraction of sp³-hybridized carbons (Fsp3) is 0.250. The van der Waals surface area contributed by atoms with Gasteiger partial charge in [-0.3, -0.25) is 0 Å². The Morgan fingerprint density at radius 3 is 2.20 bits per heavy atom. The van der Waals surface area contributed by atoms with Crippen molar-refractivity contribution in [2.24, 2.45) is 0 Å². The van der Waals surface area contributed by atoms with E-state index in [9.17, 15) is 0 Å². The summed E-state index contributed by atoms with van der Waals surface area (Å²) in [5.41, 5.74) is 5.64. The van der Waals surface area contributed by atoms with E-state index in [4.69, 9.17) is 0 Å².